The molecule has 0 spiro atoms. The maximum absolute atomic E-state index is 13.0. The van der Waals surface area contributed by atoms with Crippen LogP contribution in [0.15, 0.2) is 48.5 Å². The number of amides is 2. The fourth-order valence-corrected chi connectivity index (χ4v) is 5.29. The maximum atomic E-state index is 13.0. The van der Waals surface area contributed by atoms with E-state index in [0.29, 0.717) is 43.9 Å². The molecular weight excluding hydrogens is 548 g/mol. The van der Waals surface area contributed by atoms with Gasteiger partial charge in [-0.05, 0) is 74.6 Å². The van der Waals surface area contributed by atoms with Gasteiger partial charge in [0.1, 0.15) is 12.2 Å². The second-order valence-electron chi connectivity index (χ2n) is 12.6. The van der Waals surface area contributed by atoms with Crippen molar-refractivity contribution in [3.63, 3.8) is 0 Å². The molecule has 0 aliphatic carbocycles. The molecule has 9 heteroatoms. The smallest absolute Gasteiger partial charge is 0.410 e. The lowest BCUT2D eigenvalue weighted by Gasteiger charge is -2.27. The van der Waals surface area contributed by atoms with Crippen LogP contribution in [0.5, 0.6) is 11.5 Å². The Morgan fingerprint density at radius 3 is 2.37 bits per heavy atom. The lowest BCUT2D eigenvalue weighted by Crippen LogP contribution is -2.42. The lowest BCUT2D eigenvalue weighted by molar-refractivity contribution is 0.0283. The number of methoxy groups -OCH3 is 2. The predicted molar refractivity (Wildman–Crippen MR) is 166 cm³/mol. The van der Waals surface area contributed by atoms with E-state index in [-0.39, 0.29) is 24.7 Å². The third kappa shape index (κ3) is 11.3. The van der Waals surface area contributed by atoms with Crippen molar-refractivity contribution in [1.29, 1.82) is 0 Å². The van der Waals surface area contributed by atoms with Gasteiger partial charge in [-0.25, -0.2) is 9.59 Å². The van der Waals surface area contributed by atoms with Gasteiger partial charge in [-0.1, -0.05) is 50.2 Å². The molecule has 2 aromatic rings. The predicted octanol–water partition coefficient (Wildman–Crippen LogP) is 6.48. The number of ether oxygens (including phenoxy) is 5. The molecule has 1 N–H and O–H groups in total. The lowest BCUT2D eigenvalue weighted by atomic mass is 9.80. The molecule has 1 aliphatic rings. The molecule has 0 radical (unpaired) electrons. The van der Waals surface area contributed by atoms with Crippen LogP contribution in [-0.4, -0.2) is 69.3 Å². The Kier molecular flexibility index (Phi) is 13.0. The van der Waals surface area contributed by atoms with E-state index in [1.807, 2.05) is 57.2 Å². The molecule has 0 bridgehead atoms. The molecule has 2 amide bonds. The summed E-state index contributed by atoms with van der Waals surface area (Å²) in [6.07, 6.45) is 1.57. The highest BCUT2D eigenvalue weighted by atomic mass is 16.6. The van der Waals surface area contributed by atoms with Crippen molar-refractivity contribution in [2.45, 2.75) is 72.1 Å². The number of alkyl carbamates (subject to hydrolysis) is 1. The highest BCUT2D eigenvalue weighted by molar-refractivity contribution is 5.70. The van der Waals surface area contributed by atoms with Gasteiger partial charge in [-0.2, -0.15) is 0 Å². The summed E-state index contributed by atoms with van der Waals surface area (Å²) in [5.41, 5.74) is 1.46. The summed E-state index contributed by atoms with van der Waals surface area (Å²) in [6.45, 7) is 12.2. The van der Waals surface area contributed by atoms with Crippen molar-refractivity contribution in [3.8, 4) is 11.5 Å². The minimum Gasteiger partial charge on any atom is -0.493 e. The van der Waals surface area contributed by atoms with E-state index in [9.17, 15) is 9.59 Å². The van der Waals surface area contributed by atoms with E-state index in [1.165, 1.54) is 0 Å². The zero-order valence-electron chi connectivity index (χ0n) is 26.9. The third-order valence-corrected chi connectivity index (χ3v) is 7.63. The molecule has 1 unspecified atom stereocenters. The van der Waals surface area contributed by atoms with Gasteiger partial charge in [0.25, 0.3) is 0 Å². The topological polar surface area (TPSA) is 95.6 Å². The van der Waals surface area contributed by atoms with Gasteiger partial charge in [0.05, 0.1) is 19.8 Å². The van der Waals surface area contributed by atoms with Crippen LogP contribution in [0.3, 0.4) is 0 Å². The van der Waals surface area contributed by atoms with E-state index in [2.05, 4.69) is 31.3 Å². The summed E-state index contributed by atoms with van der Waals surface area (Å²) in [7, 11) is 3.32. The van der Waals surface area contributed by atoms with Gasteiger partial charge in [-0.3, -0.25) is 0 Å². The Labute approximate surface area is 257 Å². The van der Waals surface area contributed by atoms with Crippen LogP contribution >= 0.6 is 0 Å². The molecule has 1 aliphatic heterocycles. The quantitative estimate of drug-likeness (QED) is 0.249. The van der Waals surface area contributed by atoms with Crippen LogP contribution in [0.25, 0.3) is 0 Å². The average Bonchev–Trinajstić information content (AvgIpc) is 3.35. The molecule has 0 saturated carbocycles. The monoisotopic (exact) mass is 598 g/mol. The zero-order valence-corrected chi connectivity index (χ0v) is 26.9. The Morgan fingerprint density at radius 1 is 0.977 bits per heavy atom. The first-order chi connectivity index (χ1) is 20.5. The molecule has 9 nitrogen and oxygen atoms in total. The Hall–Kier alpha value is -3.46. The Bertz CT molecular complexity index is 1150. The van der Waals surface area contributed by atoms with Crippen molar-refractivity contribution >= 4 is 12.2 Å². The summed E-state index contributed by atoms with van der Waals surface area (Å²) in [5.74, 6) is 2.12. The highest BCUT2D eigenvalue weighted by Crippen LogP contribution is 2.34. The summed E-state index contributed by atoms with van der Waals surface area (Å²) >= 11 is 0. The fraction of sp³-hybridized carbons (Fsp3) is 0.588. The number of carbonyl (C=O) groups excluding carboxylic acids is 2. The number of hydrogen-bond donors (Lipinski definition) is 1. The van der Waals surface area contributed by atoms with Crippen molar-refractivity contribution in [1.82, 2.24) is 10.2 Å². The number of hydrogen-bond acceptors (Lipinski definition) is 7. The van der Waals surface area contributed by atoms with Crippen molar-refractivity contribution < 1.29 is 33.3 Å². The SMILES string of the molecule is COCCCOc1cc(CC(C[C@@H]2CN(C(=O)OC(C)(C)C)C[C@H]2NC(=O)OCc2ccccc2)C(C)C)ccc1OC. The van der Waals surface area contributed by atoms with Crippen LogP contribution in [0.2, 0.25) is 0 Å². The molecule has 0 aromatic heterocycles. The fourth-order valence-electron chi connectivity index (χ4n) is 5.29. The first kappa shape index (κ1) is 34.0. The van der Waals surface area contributed by atoms with Crippen molar-refractivity contribution in [2.24, 2.45) is 17.8 Å². The molecule has 1 fully saturated rings. The molecule has 3 atom stereocenters. The number of carbonyl (C=O) groups is 2. The van der Waals surface area contributed by atoms with Crippen molar-refractivity contribution in [2.75, 3.05) is 40.5 Å². The van der Waals surface area contributed by atoms with Crippen LogP contribution in [-0.2, 0) is 27.2 Å². The van der Waals surface area contributed by atoms with E-state index in [1.54, 1.807) is 19.1 Å². The second-order valence-corrected chi connectivity index (χ2v) is 12.6. The molecule has 2 aromatic carbocycles. The van der Waals surface area contributed by atoms with E-state index >= 15 is 0 Å². The van der Waals surface area contributed by atoms with Crippen LogP contribution in [0.1, 0.15) is 58.6 Å². The number of benzene rings is 2. The minimum atomic E-state index is -0.606. The van der Waals surface area contributed by atoms with E-state index in [4.69, 9.17) is 23.7 Å². The molecule has 3 rings (SSSR count). The minimum absolute atomic E-state index is 0.0345. The number of nitrogens with one attached hydrogen (secondary N) is 1. The zero-order chi connectivity index (χ0) is 31.4. The third-order valence-electron chi connectivity index (χ3n) is 7.63. The molecular formula is C34H50N2O7. The second kappa shape index (κ2) is 16.4. The first-order valence-corrected chi connectivity index (χ1v) is 15.2. The van der Waals surface area contributed by atoms with Gasteiger partial charge in [-0.15, -0.1) is 0 Å². The Morgan fingerprint density at radius 2 is 1.72 bits per heavy atom. The molecule has 43 heavy (non-hydrogen) atoms. The average molecular weight is 599 g/mol. The molecule has 238 valence electrons. The van der Waals surface area contributed by atoms with Gasteiger partial charge in [0, 0.05) is 33.2 Å². The van der Waals surface area contributed by atoms with Gasteiger partial charge in [0.15, 0.2) is 11.5 Å². The summed E-state index contributed by atoms with van der Waals surface area (Å²) in [5, 5.41) is 3.06. The van der Waals surface area contributed by atoms with Crippen LogP contribution in [0, 0.1) is 17.8 Å². The number of likely N-dealkylation sites (tertiary alicyclic amines) is 1. The summed E-state index contributed by atoms with van der Waals surface area (Å²) < 4.78 is 27.9. The van der Waals surface area contributed by atoms with Crippen LogP contribution < -0.4 is 14.8 Å². The van der Waals surface area contributed by atoms with Gasteiger partial charge >= 0.3 is 12.2 Å². The first-order valence-electron chi connectivity index (χ1n) is 15.2. The van der Waals surface area contributed by atoms with Crippen LogP contribution in [0.4, 0.5) is 9.59 Å². The number of nitrogens with zero attached hydrogens (tertiary/aromatic N) is 1. The van der Waals surface area contributed by atoms with Gasteiger partial charge in [0.2, 0.25) is 0 Å². The van der Waals surface area contributed by atoms with E-state index in [0.717, 1.165) is 36.1 Å². The Balaban J connectivity index is 1.72. The van der Waals surface area contributed by atoms with Gasteiger partial charge < -0.3 is 33.9 Å². The maximum Gasteiger partial charge on any atom is 0.410 e. The molecule has 1 heterocycles. The van der Waals surface area contributed by atoms with E-state index < -0.39 is 11.7 Å². The largest absolute Gasteiger partial charge is 0.493 e. The summed E-state index contributed by atoms with van der Waals surface area (Å²) in [4.78, 5) is 27.6. The highest BCUT2D eigenvalue weighted by Gasteiger charge is 2.39. The summed E-state index contributed by atoms with van der Waals surface area (Å²) in [6, 6.07) is 15.4. The molecule has 1 saturated heterocycles. The normalized spacial score (nSPS) is 17.4. The van der Waals surface area contributed by atoms with Crippen molar-refractivity contribution in [3.05, 3.63) is 59.7 Å². The number of rotatable bonds is 14. The standard InChI is InChI=1S/C34H50N2O7/c1-24(2)27(18-26-14-15-30(40-7)31(19-26)41-17-11-16-39-6)20-28-21-36(33(38)43-34(3,4)5)22-29(28)35-32(37)42-23-25-12-9-8-10-13-25/h8-10,12-15,19,24,27-29H,11,16-18,20-23H2,1-7H3,(H,35,37)/t27?,28-,29-/m1/s1.